The molecular formula is C17H23N5O2S. The minimum absolute atomic E-state index is 0.118. The molecule has 0 aliphatic heterocycles. The second-order valence-corrected chi connectivity index (χ2v) is 5.67. The van der Waals surface area contributed by atoms with Gasteiger partial charge in [0.25, 0.3) is 0 Å². The molecule has 2 aromatic rings. The van der Waals surface area contributed by atoms with Crippen molar-refractivity contribution >= 4 is 34.8 Å². The molecule has 0 saturated heterocycles. The Morgan fingerprint density at radius 1 is 1.24 bits per heavy atom. The number of thiocarbonyl (C=S) groups is 1. The number of hydrogen-bond donors (Lipinski definition) is 4. The summed E-state index contributed by atoms with van der Waals surface area (Å²) < 4.78 is 5.43. The fourth-order valence-corrected chi connectivity index (χ4v) is 2.26. The third-order valence-corrected chi connectivity index (χ3v) is 3.38. The Morgan fingerprint density at radius 2 is 2.00 bits per heavy atom. The zero-order valence-electron chi connectivity index (χ0n) is 14.4. The van der Waals surface area contributed by atoms with Gasteiger partial charge in [0.2, 0.25) is 5.95 Å². The van der Waals surface area contributed by atoms with Crippen molar-refractivity contribution in [2.45, 2.75) is 20.3 Å². The second-order valence-electron chi connectivity index (χ2n) is 5.26. The summed E-state index contributed by atoms with van der Waals surface area (Å²) in [5.41, 5.74) is 1.71. The van der Waals surface area contributed by atoms with E-state index in [-0.39, 0.29) is 6.61 Å². The third-order valence-electron chi connectivity index (χ3n) is 3.14. The van der Waals surface area contributed by atoms with Crippen LogP contribution >= 0.6 is 12.2 Å². The summed E-state index contributed by atoms with van der Waals surface area (Å²) in [5.74, 6) is 1.90. The number of nitrogens with one attached hydrogen (secondary N) is 3. The van der Waals surface area contributed by atoms with Gasteiger partial charge in [-0.3, -0.25) is 0 Å². The molecule has 1 aromatic carbocycles. The number of ether oxygens (including phenoxy) is 1. The molecule has 8 heteroatoms. The van der Waals surface area contributed by atoms with Crippen LogP contribution in [-0.4, -0.2) is 39.9 Å². The maximum atomic E-state index is 8.78. The molecule has 0 atom stereocenters. The van der Waals surface area contributed by atoms with Gasteiger partial charge >= 0.3 is 0 Å². The number of anilines is 3. The van der Waals surface area contributed by atoms with E-state index in [0.29, 0.717) is 36.5 Å². The molecule has 0 fully saturated rings. The molecule has 0 aliphatic carbocycles. The molecule has 0 radical (unpaired) electrons. The highest BCUT2D eigenvalue weighted by Gasteiger charge is 2.05. The van der Waals surface area contributed by atoms with Crippen LogP contribution in [0.15, 0.2) is 30.3 Å². The van der Waals surface area contributed by atoms with Gasteiger partial charge in [-0.2, -0.15) is 4.98 Å². The number of aliphatic hydroxyl groups excluding tert-OH is 1. The van der Waals surface area contributed by atoms with Gasteiger partial charge in [-0.1, -0.05) is 0 Å². The standard InChI is InChI=1S/C17H23N5O2S/c1-3-24-14-7-5-13(6-8-14)20-15-11-12(2)19-16(21-15)22-17(25)18-9-4-10-23/h5-8,11,23H,3-4,9-10H2,1-2H3,(H3,18,19,20,21,22,25). The van der Waals surface area contributed by atoms with Gasteiger partial charge in [0.15, 0.2) is 5.11 Å². The van der Waals surface area contributed by atoms with Crippen LogP contribution in [0.3, 0.4) is 0 Å². The van der Waals surface area contributed by atoms with Gasteiger partial charge in [0, 0.05) is 30.6 Å². The lowest BCUT2D eigenvalue weighted by Crippen LogP contribution is -2.30. The summed E-state index contributed by atoms with van der Waals surface area (Å²) in [7, 11) is 0. The second kappa shape index (κ2) is 9.75. The summed E-state index contributed by atoms with van der Waals surface area (Å²) >= 11 is 5.19. The number of benzene rings is 1. The Kier molecular flexibility index (Phi) is 7.36. The molecule has 0 saturated carbocycles. The predicted octanol–water partition coefficient (Wildman–Crippen LogP) is 2.60. The molecule has 0 aliphatic rings. The van der Waals surface area contributed by atoms with Crippen molar-refractivity contribution in [3.63, 3.8) is 0 Å². The molecule has 4 N–H and O–H groups in total. The molecule has 25 heavy (non-hydrogen) atoms. The molecule has 2 rings (SSSR count). The number of hydrogen-bond acceptors (Lipinski definition) is 6. The van der Waals surface area contributed by atoms with Crippen LogP contribution in [0.1, 0.15) is 19.0 Å². The fourth-order valence-electron chi connectivity index (χ4n) is 2.06. The van der Waals surface area contributed by atoms with Crippen molar-refractivity contribution in [2.75, 3.05) is 30.4 Å². The molecule has 0 spiro atoms. The average Bonchev–Trinajstić information content (AvgIpc) is 2.56. The molecule has 1 heterocycles. The summed E-state index contributed by atoms with van der Waals surface area (Å²) in [4.78, 5) is 8.74. The monoisotopic (exact) mass is 361 g/mol. The highest BCUT2D eigenvalue weighted by molar-refractivity contribution is 7.80. The molecular weight excluding hydrogens is 338 g/mol. The largest absolute Gasteiger partial charge is 0.494 e. The third kappa shape index (κ3) is 6.52. The van der Waals surface area contributed by atoms with Crippen molar-refractivity contribution in [3.8, 4) is 5.75 Å². The van der Waals surface area contributed by atoms with E-state index in [4.69, 9.17) is 22.1 Å². The van der Waals surface area contributed by atoms with E-state index < -0.39 is 0 Å². The molecule has 0 bridgehead atoms. The van der Waals surface area contributed by atoms with E-state index in [0.717, 1.165) is 17.1 Å². The minimum Gasteiger partial charge on any atom is -0.494 e. The minimum atomic E-state index is 0.118. The van der Waals surface area contributed by atoms with Gasteiger partial charge in [0.1, 0.15) is 11.6 Å². The Morgan fingerprint density at radius 3 is 2.68 bits per heavy atom. The van der Waals surface area contributed by atoms with Gasteiger partial charge in [-0.25, -0.2) is 4.98 Å². The SMILES string of the molecule is CCOc1ccc(Nc2cc(C)nc(NC(=S)NCCCO)n2)cc1. The lowest BCUT2D eigenvalue weighted by Gasteiger charge is -2.12. The van der Waals surface area contributed by atoms with Crippen LogP contribution in [0.25, 0.3) is 0 Å². The predicted molar refractivity (Wildman–Crippen MR) is 104 cm³/mol. The number of aliphatic hydroxyl groups is 1. The van der Waals surface area contributed by atoms with E-state index in [1.54, 1.807) is 0 Å². The van der Waals surface area contributed by atoms with Crippen LogP contribution in [0.5, 0.6) is 5.75 Å². The summed E-state index contributed by atoms with van der Waals surface area (Å²) in [6, 6.07) is 9.51. The number of rotatable bonds is 8. The number of aryl methyl sites for hydroxylation is 1. The van der Waals surface area contributed by atoms with Crippen LogP contribution in [0.2, 0.25) is 0 Å². The molecule has 0 amide bonds. The molecule has 7 nitrogen and oxygen atoms in total. The van der Waals surface area contributed by atoms with Crippen LogP contribution in [0, 0.1) is 6.92 Å². The first-order valence-corrected chi connectivity index (χ1v) is 8.53. The van der Waals surface area contributed by atoms with Crippen LogP contribution in [0.4, 0.5) is 17.5 Å². The summed E-state index contributed by atoms with van der Waals surface area (Å²) in [6.45, 7) is 5.18. The highest BCUT2D eigenvalue weighted by Crippen LogP contribution is 2.20. The zero-order valence-corrected chi connectivity index (χ0v) is 15.2. The summed E-state index contributed by atoms with van der Waals surface area (Å²) in [5, 5.41) is 18.4. The number of aromatic nitrogens is 2. The van der Waals surface area contributed by atoms with Crippen LogP contribution < -0.4 is 20.7 Å². The number of nitrogens with zero attached hydrogens (tertiary/aromatic N) is 2. The Labute approximate surface area is 152 Å². The Balaban J connectivity index is 2.01. The first-order valence-electron chi connectivity index (χ1n) is 8.12. The van der Waals surface area contributed by atoms with E-state index in [1.807, 2.05) is 44.2 Å². The molecule has 1 aromatic heterocycles. The van der Waals surface area contributed by atoms with Gasteiger partial charge in [0.05, 0.1) is 6.61 Å². The van der Waals surface area contributed by atoms with Crippen molar-refractivity contribution in [3.05, 3.63) is 36.0 Å². The van der Waals surface area contributed by atoms with E-state index in [9.17, 15) is 0 Å². The zero-order chi connectivity index (χ0) is 18.1. The van der Waals surface area contributed by atoms with Crippen LogP contribution in [-0.2, 0) is 0 Å². The lowest BCUT2D eigenvalue weighted by atomic mass is 10.3. The first kappa shape index (κ1) is 18.9. The quantitative estimate of drug-likeness (QED) is 0.421. The lowest BCUT2D eigenvalue weighted by molar-refractivity contribution is 0.289. The van der Waals surface area contributed by atoms with Gasteiger partial charge < -0.3 is 25.8 Å². The average molecular weight is 361 g/mol. The van der Waals surface area contributed by atoms with Crippen molar-refractivity contribution in [2.24, 2.45) is 0 Å². The first-order chi connectivity index (χ1) is 12.1. The smallest absolute Gasteiger partial charge is 0.231 e. The maximum Gasteiger partial charge on any atom is 0.231 e. The Hall–Kier alpha value is -2.45. The fraction of sp³-hybridized carbons (Fsp3) is 0.353. The topological polar surface area (TPSA) is 91.3 Å². The Bertz CT molecular complexity index is 694. The summed E-state index contributed by atoms with van der Waals surface area (Å²) in [6.07, 6.45) is 0.626. The highest BCUT2D eigenvalue weighted by atomic mass is 32.1. The van der Waals surface area contributed by atoms with E-state index >= 15 is 0 Å². The normalized spacial score (nSPS) is 10.2. The maximum absolute atomic E-state index is 8.78. The van der Waals surface area contributed by atoms with Crippen molar-refractivity contribution in [1.82, 2.24) is 15.3 Å². The van der Waals surface area contributed by atoms with Gasteiger partial charge in [-0.05, 0) is 56.8 Å². The molecule has 134 valence electrons. The van der Waals surface area contributed by atoms with Crippen molar-refractivity contribution < 1.29 is 9.84 Å². The van der Waals surface area contributed by atoms with E-state index in [2.05, 4.69) is 25.9 Å². The van der Waals surface area contributed by atoms with E-state index in [1.165, 1.54) is 0 Å². The van der Waals surface area contributed by atoms with Gasteiger partial charge in [-0.15, -0.1) is 0 Å². The molecule has 0 unspecified atom stereocenters. The van der Waals surface area contributed by atoms with Crippen molar-refractivity contribution in [1.29, 1.82) is 0 Å².